The maximum atomic E-state index is 9.79. The van der Waals surface area contributed by atoms with Crippen LogP contribution in [0, 0.1) is 0 Å². The molecule has 4 rings (SSSR count). The van der Waals surface area contributed by atoms with E-state index in [0.29, 0.717) is 5.95 Å². The first kappa shape index (κ1) is 17.7. The zero-order valence-electron chi connectivity index (χ0n) is 15.4. The summed E-state index contributed by atoms with van der Waals surface area (Å²) < 4.78 is 5.70. The Labute approximate surface area is 158 Å². The number of benzene rings is 2. The van der Waals surface area contributed by atoms with Crippen LogP contribution in [-0.4, -0.2) is 34.3 Å². The van der Waals surface area contributed by atoms with E-state index in [1.807, 2.05) is 48.5 Å². The number of aliphatic hydroxyl groups excluding tert-OH is 1. The zero-order valence-corrected chi connectivity index (χ0v) is 15.4. The van der Waals surface area contributed by atoms with E-state index in [4.69, 9.17) is 4.74 Å². The molecule has 6 nitrogen and oxygen atoms in total. The van der Waals surface area contributed by atoms with Crippen LogP contribution in [0.15, 0.2) is 48.5 Å². The average molecular weight is 364 g/mol. The van der Waals surface area contributed by atoms with Gasteiger partial charge in [0.1, 0.15) is 5.82 Å². The molecule has 2 unspecified atom stereocenters. The highest BCUT2D eigenvalue weighted by atomic mass is 16.5. The van der Waals surface area contributed by atoms with E-state index >= 15 is 0 Å². The van der Waals surface area contributed by atoms with Gasteiger partial charge in [-0.1, -0.05) is 24.3 Å². The Bertz CT molecular complexity index is 923. The van der Waals surface area contributed by atoms with Gasteiger partial charge in [0.05, 0.1) is 17.7 Å². The average Bonchev–Trinajstić information content (AvgIpc) is 3.20. The fourth-order valence-electron chi connectivity index (χ4n) is 3.29. The maximum absolute atomic E-state index is 9.79. The highest BCUT2D eigenvalue weighted by molar-refractivity contribution is 5.90. The van der Waals surface area contributed by atoms with Crippen molar-refractivity contribution in [3.63, 3.8) is 0 Å². The number of fused-ring (bicyclic) bond motifs is 1. The molecule has 0 aliphatic carbocycles. The molecule has 1 aliphatic rings. The lowest BCUT2D eigenvalue weighted by molar-refractivity contribution is 0.120. The lowest BCUT2D eigenvalue weighted by atomic mass is 10.1. The second kappa shape index (κ2) is 7.90. The second-order valence-electron chi connectivity index (χ2n) is 6.86. The monoisotopic (exact) mass is 364 g/mol. The van der Waals surface area contributed by atoms with Gasteiger partial charge in [-0.25, -0.2) is 4.98 Å². The third-order valence-electron chi connectivity index (χ3n) is 4.75. The smallest absolute Gasteiger partial charge is 0.229 e. The number of nitrogens with zero attached hydrogens (tertiary/aromatic N) is 2. The van der Waals surface area contributed by atoms with Crippen molar-refractivity contribution in [1.29, 1.82) is 0 Å². The number of ether oxygens (including phenoxy) is 1. The van der Waals surface area contributed by atoms with E-state index in [1.165, 1.54) is 0 Å². The fraction of sp³-hybridized carbons (Fsp3) is 0.333. The molecule has 0 radical (unpaired) electrons. The van der Waals surface area contributed by atoms with E-state index in [-0.39, 0.29) is 6.10 Å². The van der Waals surface area contributed by atoms with Crippen molar-refractivity contribution in [2.75, 3.05) is 23.8 Å². The predicted octanol–water partition coefficient (Wildman–Crippen LogP) is 4.02. The number of rotatable bonds is 6. The minimum atomic E-state index is -0.520. The van der Waals surface area contributed by atoms with Crippen molar-refractivity contribution < 1.29 is 9.84 Å². The SMILES string of the molecule is CC(O)c1cccc(Nc2nc(NCC3CCCO3)c3ccccc3n2)c1. The predicted molar refractivity (Wildman–Crippen MR) is 107 cm³/mol. The molecule has 2 heterocycles. The van der Waals surface area contributed by atoms with Gasteiger partial charge in [0.15, 0.2) is 0 Å². The van der Waals surface area contributed by atoms with Crippen molar-refractivity contribution in [2.45, 2.75) is 32.0 Å². The number of para-hydroxylation sites is 1. The topological polar surface area (TPSA) is 79.3 Å². The van der Waals surface area contributed by atoms with Gasteiger partial charge in [0, 0.05) is 24.2 Å². The van der Waals surface area contributed by atoms with E-state index < -0.39 is 6.10 Å². The number of aliphatic hydroxyl groups is 1. The fourth-order valence-corrected chi connectivity index (χ4v) is 3.29. The van der Waals surface area contributed by atoms with Crippen molar-refractivity contribution in [2.24, 2.45) is 0 Å². The first-order valence-corrected chi connectivity index (χ1v) is 9.36. The summed E-state index contributed by atoms with van der Waals surface area (Å²) in [5, 5.41) is 17.5. The summed E-state index contributed by atoms with van der Waals surface area (Å²) in [6.07, 6.45) is 1.90. The van der Waals surface area contributed by atoms with Gasteiger partial charge in [-0.2, -0.15) is 4.98 Å². The van der Waals surface area contributed by atoms with E-state index in [9.17, 15) is 5.11 Å². The van der Waals surface area contributed by atoms with E-state index in [2.05, 4.69) is 20.6 Å². The molecule has 2 atom stereocenters. The number of anilines is 3. The van der Waals surface area contributed by atoms with Crippen molar-refractivity contribution >= 4 is 28.4 Å². The van der Waals surface area contributed by atoms with Gasteiger partial charge >= 0.3 is 0 Å². The molecule has 27 heavy (non-hydrogen) atoms. The standard InChI is InChI=1S/C21H24N4O2/c1-14(26)15-6-4-7-16(12-15)23-21-24-19-10-3-2-9-18(19)20(25-21)22-13-17-8-5-11-27-17/h2-4,6-7,9-10,12,14,17,26H,5,8,11,13H2,1H3,(H2,22,23,24,25). The molecule has 0 amide bonds. The van der Waals surface area contributed by atoms with Crippen molar-refractivity contribution in [1.82, 2.24) is 9.97 Å². The molecule has 0 saturated carbocycles. The van der Waals surface area contributed by atoms with Crippen LogP contribution in [0.5, 0.6) is 0 Å². The number of hydrogen-bond donors (Lipinski definition) is 3. The van der Waals surface area contributed by atoms with Gasteiger partial charge < -0.3 is 20.5 Å². The Morgan fingerprint density at radius 2 is 2.07 bits per heavy atom. The highest BCUT2D eigenvalue weighted by Gasteiger charge is 2.16. The Morgan fingerprint density at radius 3 is 2.89 bits per heavy atom. The first-order valence-electron chi connectivity index (χ1n) is 9.36. The Morgan fingerprint density at radius 1 is 1.19 bits per heavy atom. The van der Waals surface area contributed by atoms with Crippen molar-refractivity contribution in [3.05, 3.63) is 54.1 Å². The molecule has 1 aliphatic heterocycles. The van der Waals surface area contributed by atoms with Crippen LogP contribution in [0.1, 0.15) is 31.4 Å². The normalized spacial score (nSPS) is 17.8. The molecule has 2 aromatic carbocycles. The molecular weight excluding hydrogens is 340 g/mol. The summed E-state index contributed by atoms with van der Waals surface area (Å²) in [7, 11) is 0. The summed E-state index contributed by atoms with van der Waals surface area (Å²) >= 11 is 0. The number of nitrogens with one attached hydrogen (secondary N) is 2. The summed E-state index contributed by atoms with van der Waals surface area (Å²) in [5.41, 5.74) is 2.56. The molecule has 3 aromatic rings. The third-order valence-corrected chi connectivity index (χ3v) is 4.75. The minimum absolute atomic E-state index is 0.234. The maximum Gasteiger partial charge on any atom is 0.229 e. The molecule has 0 bridgehead atoms. The van der Waals surface area contributed by atoms with Gasteiger partial charge in [-0.15, -0.1) is 0 Å². The number of aromatic nitrogens is 2. The largest absolute Gasteiger partial charge is 0.389 e. The highest BCUT2D eigenvalue weighted by Crippen LogP contribution is 2.25. The van der Waals surface area contributed by atoms with Gasteiger partial charge in [0.25, 0.3) is 0 Å². The molecular formula is C21H24N4O2. The van der Waals surface area contributed by atoms with Crippen LogP contribution < -0.4 is 10.6 Å². The van der Waals surface area contributed by atoms with Crippen LogP contribution in [0.4, 0.5) is 17.5 Å². The van der Waals surface area contributed by atoms with Gasteiger partial charge in [-0.3, -0.25) is 0 Å². The van der Waals surface area contributed by atoms with Crippen LogP contribution in [-0.2, 0) is 4.74 Å². The Hall–Kier alpha value is -2.70. The molecule has 1 fully saturated rings. The third kappa shape index (κ3) is 4.18. The molecule has 1 saturated heterocycles. The molecule has 0 spiro atoms. The number of hydrogen-bond acceptors (Lipinski definition) is 6. The van der Waals surface area contributed by atoms with E-state index in [1.54, 1.807) is 6.92 Å². The van der Waals surface area contributed by atoms with Crippen LogP contribution in [0.3, 0.4) is 0 Å². The van der Waals surface area contributed by atoms with E-state index in [0.717, 1.165) is 54.0 Å². The van der Waals surface area contributed by atoms with Gasteiger partial charge in [-0.05, 0) is 49.6 Å². The summed E-state index contributed by atoms with van der Waals surface area (Å²) in [5.74, 6) is 1.32. The van der Waals surface area contributed by atoms with Crippen LogP contribution in [0.25, 0.3) is 10.9 Å². The summed E-state index contributed by atoms with van der Waals surface area (Å²) in [6.45, 7) is 3.32. The Balaban J connectivity index is 1.61. The van der Waals surface area contributed by atoms with Crippen LogP contribution >= 0.6 is 0 Å². The lowest BCUT2D eigenvalue weighted by Crippen LogP contribution is -2.19. The Kier molecular flexibility index (Phi) is 5.18. The summed E-state index contributed by atoms with van der Waals surface area (Å²) in [6, 6.07) is 15.6. The molecule has 6 heteroatoms. The molecule has 140 valence electrons. The summed E-state index contributed by atoms with van der Waals surface area (Å²) in [4.78, 5) is 9.31. The lowest BCUT2D eigenvalue weighted by Gasteiger charge is -2.15. The van der Waals surface area contributed by atoms with Crippen LogP contribution in [0.2, 0.25) is 0 Å². The minimum Gasteiger partial charge on any atom is -0.389 e. The molecule has 1 aromatic heterocycles. The van der Waals surface area contributed by atoms with Gasteiger partial charge in [0.2, 0.25) is 5.95 Å². The quantitative estimate of drug-likeness (QED) is 0.613. The van der Waals surface area contributed by atoms with Crippen molar-refractivity contribution in [3.8, 4) is 0 Å². The second-order valence-corrected chi connectivity index (χ2v) is 6.86. The zero-order chi connectivity index (χ0) is 18.6. The first-order chi connectivity index (χ1) is 13.2. The molecule has 3 N–H and O–H groups in total.